The third-order valence-corrected chi connectivity index (χ3v) is 3.10. The highest BCUT2D eigenvalue weighted by Crippen LogP contribution is 2.24. The van der Waals surface area contributed by atoms with Gasteiger partial charge in [-0.1, -0.05) is 23.7 Å². The van der Waals surface area contributed by atoms with E-state index in [1.807, 2.05) is 18.2 Å². The monoisotopic (exact) mass is 285 g/mol. The summed E-state index contributed by atoms with van der Waals surface area (Å²) in [6.45, 7) is 0. The van der Waals surface area contributed by atoms with Crippen LogP contribution in [0.5, 0.6) is 0 Å². The molecular formula is C15H12ClN3O. The lowest BCUT2D eigenvalue weighted by atomic mass is 10.1. The van der Waals surface area contributed by atoms with Crippen LogP contribution in [-0.2, 0) is 0 Å². The summed E-state index contributed by atoms with van der Waals surface area (Å²) < 4.78 is 0. The Kier molecular flexibility index (Phi) is 4.24. The Morgan fingerprint density at radius 1 is 1.20 bits per heavy atom. The number of nitrogens with zero attached hydrogens (tertiary/aromatic N) is 1. The standard InChI is InChI=1S/C15H12ClN3O/c1-18-13-5-3-2-4-11(13)15(20)19-14-7-6-10(9-17)8-12(14)16/h2-8,18H,1H3,(H,19,20). The van der Waals surface area contributed by atoms with Crippen LogP contribution in [0.25, 0.3) is 0 Å². The van der Waals surface area contributed by atoms with Crippen LogP contribution >= 0.6 is 11.6 Å². The maximum atomic E-state index is 12.2. The van der Waals surface area contributed by atoms with Crippen LogP contribution in [-0.4, -0.2) is 13.0 Å². The fourth-order valence-corrected chi connectivity index (χ4v) is 2.00. The molecule has 20 heavy (non-hydrogen) atoms. The molecule has 4 nitrogen and oxygen atoms in total. The highest BCUT2D eigenvalue weighted by Gasteiger charge is 2.12. The lowest BCUT2D eigenvalue weighted by Crippen LogP contribution is -2.14. The van der Waals surface area contributed by atoms with Crippen molar-refractivity contribution in [2.45, 2.75) is 0 Å². The molecule has 1 amide bonds. The van der Waals surface area contributed by atoms with Crippen LogP contribution in [0.3, 0.4) is 0 Å². The summed E-state index contributed by atoms with van der Waals surface area (Å²) >= 11 is 6.03. The topological polar surface area (TPSA) is 64.9 Å². The molecule has 100 valence electrons. The average Bonchev–Trinajstić information content (AvgIpc) is 2.49. The lowest BCUT2D eigenvalue weighted by molar-refractivity contribution is 0.102. The van der Waals surface area contributed by atoms with Gasteiger partial charge in [0.05, 0.1) is 27.9 Å². The fourth-order valence-electron chi connectivity index (χ4n) is 1.77. The number of rotatable bonds is 3. The van der Waals surface area contributed by atoms with Crippen LogP contribution in [0.15, 0.2) is 42.5 Å². The predicted molar refractivity (Wildman–Crippen MR) is 80.1 cm³/mol. The summed E-state index contributed by atoms with van der Waals surface area (Å²) in [6, 6.07) is 13.9. The first kappa shape index (κ1) is 13.9. The molecule has 0 aliphatic rings. The molecule has 0 aromatic heterocycles. The van der Waals surface area contributed by atoms with Gasteiger partial charge in [0.1, 0.15) is 0 Å². The van der Waals surface area contributed by atoms with E-state index in [0.29, 0.717) is 21.8 Å². The molecule has 0 atom stereocenters. The molecule has 0 aliphatic carbocycles. The highest BCUT2D eigenvalue weighted by molar-refractivity contribution is 6.34. The number of carbonyl (C=O) groups is 1. The van der Waals surface area contributed by atoms with Crippen LogP contribution < -0.4 is 10.6 Å². The SMILES string of the molecule is CNc1ccccc1C(=O)Nc1ccc(C#N)cc1Cl. The largest absolute Gasteiger partial charge is 0.387 e. The first-order valence-electron chi connectivity index (χ1n) is 5.93. The summed E-state index contributed by atoms with van der Waals surface area (Å²) in [6.07, 6.45) is 0. The fraction of sp³-hybridized carbons (Fsp3) is 0.0667. The molecule has 5 heteroatoms. The summed E-state index contributed by atoms with van der Waals surface area (Å²) in [5, 5.41) is 14.8. The molecule has 0 spiro atoms. The van der Waals surface area contributed by atoms with Crippen LogP contribution in [0.4, 0.5) is 11.4 Å². The van der Waals surface area contributed by atoms with Gasteiger partial charge in [0.2, 0.25) is 0 Å². The number of nitriles is 1. The van der Waals surface area contributed by atoms with Gasteiger partial charge in [-0.3, -0.25) is 4.79 Å². The van der Waals surface area contributed by atoms with E-state index < -0.39 is 0 Å². The van der Waals surface area contributed by atoms with Crippen molar-refractivity contribution in [3.8, 4) is 6.07 Å². The van der Waals surface area contributed by atoms with Gasteiger partial charge < -0.3 is 10.6 Å². The molecule has 0 radical (unpaired) electrons. The number of halogens is 1. The molecule has 0 unspecified atom stereocenters. The Morgan fingerprint density at radius 3 is 2.60 bits per heavy atom. The van der Waals surface area contributed by atoms with Gasteiger partial charge in [0.25, 0.3) is 5.91 Å². The van der Waals surface area contributed by atoms with Gasteiger partial charge >= 0.3 is 0 Å². The zero-order chi connectivity index (χ0) is 14.5. The number of benzene rings is 2. The summed E-state index contributed by atoms with van der Waals surface area (Å²) in [4.78, 5) is 12.2. The van der Waals surface area contributed by atoms with E-state index in [0.717, 1.165) is 5.69 Å². The second-order valence-corrected chi connectivity index (χ2v) is 4.46. The van der Waals surface area contributed by atoms with E-state index >= 15 is 0 Å². The van der Waals surface area contributed by atoms with E-state index in [4.69, 9.17) is 16.9 Å². The van der Waals surface area contributed by atoms with Crippen molar-refractivity contribution in [3.05, 3.63) is 58.6 Å². The molecule has 2 aromatic carbocycles. The smallest absolute Gasteiger partial charge is 0.257 e. The van der Waals surface area contributed by atoms with Crippen LogP contribution in [0.2, 0.25) is 5.02 Å². The number of hydrogen-bond donors (Lipinski definition) is 2. The summed E-state index contributed by atoms with van der Waals surface area (Å²) in [5.41, 5.74) is 2.18. The lowest BCUT2D eigenvalue weighted by Gasteiger charge is -2.10. The maximum Gasteiger partial charge on any atom is 0.257 e. The van der Waals surface area contributed by atoms with Crippen molar-refractivity contribution in [1.82, 2.24) is 0 Å². The van der Waals surface area contributed by atoms with Gasteiger partial charge in [-0.05, 0) is 30.3 Å². The first-order chi connectivity index (χ1) is 9.65. The molecule has 0 bridgehead atoms. The van der Waals surface area contributed by atoms with Gasteiger partial charge in [0.15, 0.2) is 0 Å². The number of nitrogens with one attached hydrogen (secondary N) is 2. The maximum absolute atomic E-state index is 12.2. The van der Waals surface area contributed by atoms with Crippen molar-refractivity contribution in [2.75, 3.05) is 17.7 Å². The number of amides is 1. The Bertz CT molecular complexity index is 692. The van der Waals surface area contributed by atoms with Crippen LogP contribution in [0, 0.1) is 11.3 Å². The molecule has 0 saturated carbocycles. The van der Waals surface area contributed by atoms with E-state index in [1.165, 1.54) is 6.07 Å². The summed E-state index contributed by atoms with van der Waals surface area (Å²) in [7, 11) is 1.75. The van der Waals surface area contributed by atoms with E-state index in [-0.39, 0.29) is 5.91 Å². The van der Waals surface area contributed by atoms with E-state index in [1.54, 1.807) is 31.3 Å². The zero-order valence-corrected chi connectivity index (χ0v) is 11.5. The van der Waals surface area contributed by atoms with Crippen LogP contribution in [0.1, 0.15) is 15.9 Å². The van der Waals surface area contributed by atoms with Crippen molar-refractivity contribution in [3.63, 3.8) is 0 Å². The van der Waals surface area contributed by atoms with Crippen molar-refractivity contribution in [1.29, 1.82) is 5.26 Å². The van der Waals surface area contributed by atoms with Gasteiger partial charge in [-0.2, -0.15) is 5.26 Å². The Labute approximate surface area is 122 Å². The number of carbonyl (C=O) groups excluding carboxylic acids is 1. The van der Waals surface area contributed by atoms with Gasteiger partial charge in [-0.25, -0.2) is 0 Å². The van der Waals surface area contributed by atoms with Gasteiger partial charge in [0, 0.05) is 12.7 Å². The minimum absolute atomic E-state index is 0.262. The zero-order valence-electron chi connectivity index (χ0n) is 10.8. The molecule has 0 saturated heterocycles. The number of anilines is 2. The molecule has 0 aliphatic heterocycles. The number of para-hydroxylation sites is 1. The van der Waals surface area contributed by atoms with E-state index in [2.05, 4.69) is 10.6 Å². The molecular weight excluding hydrogens is 274 g/mol. The Balaban J connectivity index is 2.26. The third kappa shape index (κ3) is 2.90. The van der Waals surface area contributed by atoms with Crippen molar-refractivity contribution >= 4 is 28.9 Å². The normalized spacial score (nSPS) is 9.65. The molecule has 0 heterocycles. The predicted octanol–water partition coefficient (Wildman–Crippen LogP) is 3.51. The summed E-state index contributed by atoms with van der Waals surface area (Å²) in [5.74, 6) is -0.262. The molecule has 2 rings (SSSR count). The molecule has 2 aromatic rings. The van der Waals surface area contributed by atoms with E-state index in [9.17, 15) is 4.79 Å². The Hall–Kier alpha value is -2.51. The number of hydrogen-bond acceptors (Lipinski definition) is 3. The first-order valence-corrected chi connectivity index (χ1v) is 6.31. The second-order valence-electron chi connectivity index (χ2n) is 4.06. The highest BCUT2D eigenvalue weighted by atomic mass is 35.5. The Morgan fingerprint density at radius 2 is 1.95 bits per heavy atom. The third-order valence-electron chi connectivity index (χ3n) is 2.79. The van der Waals surface area contributed by atoms with Gasteiger partial charge in [-0.15, -0.1) is 0 Å². The minimum Gasteiger partial charge on any atom is -0.387 e. The average molecular weight is 286 g/mol. The second kappa shape index (κ2) is 6.09. The molecule has 2 N–H and O–H groups in total. The van der Waals surface area contributed by atoms with Crippen molar-refractivity contribution in [2.24, 2.45) is 0 Å². The molecule has 0 fully saturated rings. The minimum atomic E-state index is -0.262. The van der Waals surface area contributed by atoms with Crippen molar-refractivity contribution < 1.29 is 4.79 Å². The quantitative estimate of drug-likeness (QED) is 0.907.